The lowest BCUT2D eigenvalue weighted by Crippen LogP contribution is -3.15. The lowest BCUT2D eigenvalue weighted by atomic mass is 10.1. The number of piperazine rings is 1. The SMILES string of the molecule is OCC[NH+]1CCN(c2nc(-c3ccccc3)c3cc(Br)ccc3n2)CC1. The van der Waals surface area contributed by atoms with E-state index in [0.29, 0.717) is 0 Å². The van der Waals surface area contributed by atoms with Crippen LogP contribution in [0.4, 0.5) is 5.95 Å². The molecule has 134 valence electrons. The highest BCUT2D eigenvalue weighted by molar-refractivity contribution is 9.10. The number of aliphatic hydroxyl groups excluding tert-OH is 1. The van der Waals surface area contributed by atoms with E-state index in [9.17, 15) is 0 Å². The summed E-state index contributed by atoms with van der Waals surface area (Å²) in [6.07, 6.45) is 0. The van der Waals surface area contributed by atoms with E-state index in [4.69, 9.17) is 15.1 Å². The molecule has 2 aromatic carbocycles. The molecular weight excluding hydrogens is 392 g/mol. The largest absolute Gasteiger partial charge is 0.391 e. The van der Waals surface area contributed by atoms with E-state index in [1.165, 1.54) is 4.90 Å². The predicted octanol–water partition coefficient (Wildman–Crippen LogP) is 1.76. The van der Waals surface area contributed by atoms with Crippen molar-refractivity contribution in [1.82, 2.24) is 9.97 Å². The van der Waals surface area contributed by atoms with Crippen molar-refractivity contribution in [1.29, 1.82) is 0 Å². The topological polar surface area (TPSA) is 53.7 Å². The molecule has 0 spiro atoms. The first kappa shape index (κ1) is 17.4. The third-order valence-electron chi connectivity index (χ3n) is 4.91. The zero-order valence-electron chi connectivity index (χ0n) is 14.5. The molecule has 2 N–H and O–H groups in total. The van der Waals surface area contributed by atoms with Crippen LogP contribution in [-0.4, -0.2) is 54.4 Å². The summed E-state index contributed by atoms with van der Waals surface area (Å²) in [7, 11) is 0. The minimum absolute atomic E-state index is 0.245. The third-order valence-corrected chi connectivity index (χ3v) is 5.41. The number of hydrogen-bond donors (Lipinski definition) is 2. The molecule has 0 radical (unpaired) electrons. The Balaban J connectivity index is 1.74. The van der Waals surface area contributed by atoms with E-state index in [-0.39, 0.29) is 6.61 Å². The maximum Gasteiger partial charge on any atom is 0.226 e. The number of rotatable bonds is 4. The van der Waals surface area contributed by atoms with Crippen LogP contribution in [0.1, 0.15) is 0 Å². The molecule has 4 rings (SSSR count). The van der Waals surface area contributed by atoms with Gasteiger partial charge in [-0.2, -0.15) is 0 Å². The van der Waals surface area contributed by atoms with Gasteiger partial charge in [-0.05, 0) is 18.2 Å². The Kier molecular flexibility index (Phi) is 5.15. The normalized spacial score (nSPS) is 15.5. The van der Waals surface area contributed by atoms with Crippen molar-refractivity contribution < 1.29 is 10.0 Å². The molecule has 5 nitrogen and oxygen atoms in total. The number of aromatic nitrogens is 2. The number of nitrogens with zero attached hydrogens (tertiary/aromatic N) is 3. The van der Waals surface area contributed by atoms with E-state index in [0.717, 1.165) is 65.3 Å². The van der Waals surface area contributed by atoms with Crippen molar-refractivity contribution in [3.63, 3.8) is 0 Å². The molecule has 2 heterocycles. The summed E-state index contributed by atoms with van der Waals surface area (Å²) in [4.78, 5) is 13.5. The van der Waals surface area contributed by atoms with Crippen LogP contribution in [-0.2, 0) is 0 Å². The maximum absolute atomic E-state index is 9.14. The summed E-state index contributed by atoms with van der Waals surface area (Å²) in [6, 6.07) is 16.4. The lowest BCUT2D eigenvalue weighted by Gasteiger charge is -2.32. The van der Waals surface area contributed by atoms with Gasteiger partial charge >= 0.3 is 0 Å². The van der Waals surface area contributed by atoms with Crippen LogP contribution >= 0.6 is 15.9 Å². The van der Waals surface area contributed by atoms with Gasteiger partial charge in [0.15, 0.2) is 0 Å². The zero-order valence-corrected chi connectivity index (χ0v) is 16.1. The van der Waals surface area contributed by atoms with Gasteiger partial charge in [-0.15, -0.1) is 0 Å². The fraction of sp³-hybridized carbons (Fsp3) is 0.300. The van der Waals surface area contributed by atoms with Gasteiger partial charge in [0.05, 0.1) is 44.0 Å². The molecule has 1 aromatic heterocycles. The van der Waals surface area contributed by atoms with Crippen LogP contribution in [0.15, 0.2) is 53.0 Å². The molecule has 0 amide bonds. The number of hydrogen-bond acceptors (Lipinski definition) is 4. The standard InChI is InChI=1S/C20H21BrN4O/c21-16-6-7-18-17(14-16)19(15-4-2-1-3-5-15)23-20(22-18)25-10-8-24(9-11-25)12-13-26/h1-7,14,26H,8-13H2/p+1. The van der Waals surface area contributed by atoms with Crippen molar-refractivity contribution in [3.05, 3.63) is 53.0 Å². The average molecular weight is 414 g/mol. The number of aliphatic hydroxyl groups is 1. The Morgan fingerprint density at radius 2 is 1.81 bits per heavy atom. The fourth-order valence-corrected chi connectivity index (χ4v) is 3.84. The molecule has 0 bridgehead atoms. The number of quaternary nitrogens is 1. The molecule has 26 heavy (non-hydrogen) atoms. The Labute approximate surface area is 161 Å². The fourth-order valence-electron chi connectivity index (χ4n) is 3.48. The predicted molar refractivity (Wildman–Crippen MR) is 108 cm³/mol. The monoisotopic (exact) mass is 413 g/mol. The first-order chi connectivity index (χ1) is 12.7. The van der Waals surface area contributed by atoms with Gasteiger partial charge in [0, 0.05) is 15.4 Å². The second-order valence-corrected chi connectivity index (χ2v) is 7.53. The number of fused-ring (bicyclic) bond motifs is 1. The molecule has 1 aliphatic heterocycles. The van der Waals surface area contributed by atoms with Crippen LogP contribution in [0.2, 0.25) is 0 Å². The van der Waals surface area contributed by atoms with Crippen LogP contribution < -0.4 is 9.80 Å². The second-order valence-electron chi connectivity index (χ2n) is 6.61. The van der Waals surface area contributed by atoms with Crippen LogP contribution in [0.5, 0.6) is 0 Å². The van der Waals surface area contributed by atoms with E-state index in [1.807, 2.05) is 30.3 Å². The average Bonchev–Trinajstić information content (AvgIpc) is 2.69. The van der Waals surface area contributed by atoms with Crippen LogP contribution in [0.3, 0.4) is 0 Å². The Hall–Kier alpha value is -2.02. The lowest BCUT2D eigenvalue weighted by molar-refractivity contribution is -0.900. The molecule has 0 saturated carbocycles. The van der Waals surface area contributed by atoms with Gasteiger partial charge in [-0.1, -0.05) is 46.3 Å². The van der Waals surface area contributed by atoms with Gasteiger partial charge in [0.1, 0.15) is 6.54 Å². The quantitative estimate of drug-likeness (QED) is 0.683. The zero-order chi connectivity index (χ0) is 17.9. The van der Waals surface area contributed by atoms with Gasteiger partial charge in [-0.3, -0.25) is 0 Å². The molecule has 0 aliphatic carbocycles. The molecule has 3 aromatic rings. The molecule has 6 heteroatoms. The Morgan fingerprint density at radius 3 is 2.54 bits per heavy atom. The summed E-state index contributed by atoms with van der Waals surface area (Å²) >= 11 is 3.57. The smallest absolute Gasteiger partial charge is 0.226 e. The molecular formula is C20H22BrN4O+. The number of anilines is 1. The van der Waals surface area contributed by atoms with Crippen LogP contribution in [0, 0.1) is 0 Å². The van der Waals surface area contributed by atoms with Crippen molar-refractivity contribution in [3.8, 4) is 11.3 Å². The van der Waals surface area contributed by atoms with Gasteiger partial charge in [0.25, 0.3) is 0 Å². The minimum Gasteiger partial charge on any atom is -0.391 e. The molecule has 0 atom stereocenters. The first-order valence-electron chi connectivity index (χ1n) is 8.97. The highest BCUT2D eigenvalue weighted by atomic mass is 79.9. The summed E-state index contributed by atoms with van der Waals surface area (Å²) in [6.45, 7) is 4.88. The number of nitrogens with one attached hydrogen (secondary N) is 1. The van der Waals surface area contributed by atoms with Crippen molar-refractivity contribution >= 4 is 32.8 Å². The number of halogens is 1. The summed E-state index contributed by atoms with van der Waals surface area (Å²) < 4.78 is 1.03. The van der Waals surface area contributed by atoms with Crippen molar-refractivity contribution in [2.45, 2.75) is 0 Å². The Bertz CT molecular complexity index is 895. The molecule has 1 saturated heterocycles. The molecule has 1 fully saturated rings. The van der Waals surface area contributed by atoms with Gasteiger partial charge in [0.2, 0.25) is 5.95 Å². The van der Waals surface area contributed by atoms with Crippen molar-refractivity contribution in [2.24, 2.45) is 0 Å². The first-order valence-corrected chi connectivity index (χ1v) is 9.76. The molecule has 0 unspecified atom stereocenters. The van der Waals surface area contributed by atoms with E-state index >= 15 is 0 Å². The van der Waals surface area contributed by atoms with E-state index in [2.05, 4.69) is 39.0 Å². The minimum atomic E-state index is 0.245. The van der Waals surface area contributed by atoms with Gasteiger partial charge in [-0.25, -0.2) is 9.97 Å². The second kappa shape index (κ2) is 7.70. The molecule has 1 aliphatic rings. The maximum atomic E-state index is 9.14. The number of benzene rings is 2. The summed E-state index contributed by atoms with van der Waals surface area (Å²) in [5.74, 6) is 0.793. The highest BCUT2D eigenvalue weighted by Crippen LogP contribution is 2.30. The van der Waals surface area contributed by atoms with Crippen molar-refractivity contribution in [2.75, 3.05) is 44.2 Å². The van der Waals surface area contributed by atoms with E-state index in [1.54, 1.807) is 0 Å². The third kappa shape index (κ3) is 3.58. The summed E-state index contributed by atoms with van der Waals surface area (Å²) in [5, 5.41) is 10.2. The Morgan fingerprint density at radius 1 is 1.04 bits per heavy atom. The van der Waals surface area contributed by atoms with Crippen LogP contribution in [0.25, 0.3) is 22.2 Å². The van der Waals surface area contributed by atoms with E-state index < -0.39 is 0 Å². The summed E-state index contributed by atoms with van der Waals surface area (Å²) in [5.41, 5.74) is 3.03. The highest BCUT2D eigenvalue weighted by Gasteiger charge is 2.22. The van der Waals surface area contributed by atoms with Gasteiger partial charge < -0.3 is 14.9 Å².